The summed E-state index contributed by atoms with van der Waals surface area (Å²) in [5, 5.41) is 12.4. The van der Waals surface area contributed by atoms with E-state index in [1.165, 1.54) is 4.80 Å². The van der Waals surface area contributed by atoms with Crippen molar-refractivity contribution in [1.82, 2.24) is 25.2 Å². The molecule has 3 rings (SSSR count). The summed E-state index contributed by atoms with van der Waals surface area (Å²) >= 11 is 0. The van der Waals surface area contributed by atoms with Crippen molar-refractivity contribution in [2.24, 2.45) is 5.73 Å². The van der Waals surface area contributed by atoms with E-state index >= 15 is 0 Å². The Bertz CT molecular complexity index is 704. The third-order valence-corrected chi connectivity index (χ3v) is 2.95. The molecule has 6 heteroatoms. The third-order valence-electron chi connectivity index (χ3n) is 2.95. The summed E-state index contributed by atoms with van der Waals surface area (Å²) in [5.74, 6) is 1.17. The molecule has 1 aromatic carbocycles. The van der Waals surface area contributed by atoms with Gasteiger partial charge in [0.05, 0.1) is 0 Å². The van der Waals surface area contributed by atoms with Crippen molar-refractivity contribution in [1.29, 1.82) is 0 Å². The Morgan fingerprint density at radius 1 is 1.15 bits per heavy atom. The predicted octanol–water partition coefficient (Wildman–Crippen LogP) is 1.74. The van der Waals surface area contributed by atoms with Gasteiger partial charge in [0.25, 0.3) is 0 Å². The van der Waals surface area contributed by atoms with Crippen LogP contribution in [0.25, 0.3) is 17.2 Å². The van der Waals surface area contributed by atoms with E-state index in [1.54, 1.807) is 6.20 Å². The lowest BCUT2D eigenvalue weighted by molar-refractivity contribution is 0.695. The highest BCUT2D eigenvalue weighted by atomic mass is 15.6. The second kappa shape index (κ2) is 5.18. The quantitative estimate of drug-likeness (QED) is 0.780. The second-order valence-electron chi connectivity index (χ2n) is 4.50. The number of hydrogen-bond acceptors (Lipinski definition) is 5. The van der Waals surface area contributed by atoms with E-state index < -0.39 is 0 Å². The van der Waals surface area contributed by atoms with Crippen LogP contribution in [0.15, 0.2) is 48.7 Å². The lowest BCUT2D eigenvalue weighted by Crippen LogP contribution is -2.08. The summed E-state index contributed by atoms with van der Waals surface area (Å²) in [6.07, 6.45) is 1.69. The predicted molar refractivity (Wildman–Crippen MR) is 75.0 cm³/mol. The number of aromatic nitrogens is 5. The molecule has 3 aromatic rings. The first kappa shape index (κ1) is 12.4. The molecule has 6 nitrogen and oxygen atoms in total. The largest absolute Gasteiger partial charge is 0.324 e. The summed E-state index contributed by atoms with van der Waals surface area (Å²) in [6, 6.07) is 13.4. The molecule has 0 radical (unpaired) electrons. The van der Waals surface area contributed by atoms with Crippen LogP contribution in [0.3, 0.4) is 0 Å². The van der Waals surface area contributed by atoms with Crippen LogP contribution in [0.5, 0.6) is 0 Å². The minimum absolute atomic E-state index is 0.0612. The Labute approximate surface area is 116 Å². The smallest absolute Gasteiger partial charge is 0.205 e. The van der Waals surface area contributed by atoms with E-state index in [9.17, 15) is 0 Å². The first-order valence-electron chi connectivity index (χ1n) is 6.31. The average Bonchev–Trinajstić information content (AvgIpc) is 2.98. The molecule has 2 N–H and O–H groups in total. The highest BCUT2D eigenvalue weighted by Gasteiger charge is 2.09. The number of benzene rings is 1. The lowest BCUT2D eigenvalue weighted by atomic mass is 10.1. The van der Waals surface area contributed by atoms with Crippen LogP contribution < -0.4 is 5.73 Å². The van der Waals surface area contributed by atoms with E-state index in [0.29, 0.717) is 11.6 Å². The van der Waals surface area contributed by atoms with E-state index in [4.69, 9.17) is 5.73 Å². The van der Waals surface area contributed by atoms with E-state index in [-0.39, 0.29) is 6.04 Å². The van der Waals surface area contributed by atoms with Crippen molar-refractivity contribution >= 4 is 0 Å². The highest BCUT2D eigenvalue weighted by molar-refractivity contribution is 5.53. The summed E-state index contributed by atoms with van der Waals surface area (Å²) in [5.41, 5.74) is 7.76. The van der Waals surface area contributed by atoms with Gasteiger partial charge in [-0.25, -0.2) is 4.98 Å². The van der Waals surface area contributed by atoms with Crippen molar-refractivity contribution < 1.29 is 0 Å². The molecule has 0 amide bonds. The van der Waals surface area contributed by atoms with Gasteiger partial charge in [0.1, 0.15) is 0 Å². The van der Waals surface area contributed by atoms with Crippen molar-refractivity contribution in [2.75, 3.05) is 0 Å². The highest BCUT2D eigenvalue weighted by Crippen LogP contribution is 2.15. The normalized spacial score (nSPS) is 12.3. The summed E-state index contributed by atoms with van der Waals surface area (Å²) < 4.78 is 0. The maximum absolute atomic E-state index is 5.86. The number of hydrogen-bond donors (Lipinski definition) is 1. The Hall–Kier alpha value is -2.60. The van der Waals surface area contributed by atoms with Gasteiger partial charge in [0.2, 0.25) is 5.82 Å². The molecular weight excluding hydrogens is 252 g/mol. The van der Waals surface area contributed by atoms with Crippen molar-refractivity contribution in [2.45, 2.75) is 13.0 Å². The first-order chi connectivity index (χ1) is 9.74. The number of rotatable bonds is 3. The van der Waals surface area contributed by atoms with E-state index in [0.717, 1.165) is 11.1 Å². The Balaban J connectivity index is 1.96. The fraction of sp³-hybridized carbons (Fsp3) is 0.143. The summed E-state index contributed by atoms with van der Waals surface area (Å²) in [7, 11) is 0. The van der Waals surface area contributed by atoms with Gasteiger partial charge in [0.15, 0.2) is 5.82 Å². The van der Waals surface area contributed by atoms with Gasteiger partial charge in [-0.3, -0.25) is 0 Å². The second-order valence-corrected chi connectivity index (χ2v) is 4.50. The molecule has 0 saturated heterocycles. The fourth-order valence-electron chi connectivity index (χ4n) is 1.84. The molecule has 0 spiro atoms. The van der Waals surface area contributed by atoms with Crippen molar-refractivity contribution in [3.63, 3.8) is 0 Å². The van der Waals surface area contributed by atoms with Crippen LogP contribution in [0.2, 0.25) is 0 Å². The number of nitrogens with two attached hydrogens (primary N) is 1. The molecule has 0 aliphatic carbocycles. The zero-order valence-electron chi connectivity index (χ0n) is 11.0. The van der Waals surface area contributed by atoms with Crippen LogP contribution >= 0.6 is 0 Å². The van der Waals surface area contributed by atoms with Gasteiger partial charge in [0, 0.05) is 17.8 Å². The molecule has 2 aromatic heterocycles. The Morgan fingerprint density at radius 3 is 2.70 bits per heavy atom. The molecule has 0 aliphatic heterocycles. The minimum Gasteiger partial charge on any atom is -0.324 e. The summed E-state index contributed by atoms with van der Waals surface area (Å²) in [6.45, 7) is 1.92. The Kier molecular flexibility index (Phi) is 3.22. The molecule has 1 atom stereocenters. The molecule has 0 saturated carbocycles. The molecule has 0 fully saturated rings. The number of nitrogens with zero attached hydrogens (tertiary/aromatic N) is 5. The van der Waals surface area contributed by atoms with Gasteiger partial charge in [-0.05, 0) is 29.8 Å². The van der Waals surface area contributed by atoms with Gasteiger partial charge in [-0.1, -0.05) is 30.3 Å². The van der Waals surface area contributed by atoms with Gasteiger partial charge in [-0.15, -0.1) is 15.0 Å². The molecule has 20 heavy (non-hydrogen) atoms. The van der Waals surface area contributed by atoms with Crippen LogP contribution in [-0.4, -0.2) is 25.2 Å². The van der Waals surface area contributed by atoms with Crippen LogP contribution in [-0.2, 0) is 0 Å². The maximum atomic E-state index is 5.86. The molecule has 1 unspecified atom stereocenters. The van der Waals surface area contributed by atoms with E-state index in [1.807, 2.05) is 49.4 Å². The van der Waals surface area contributed by atoms with Crippen molar-refractivity contribution in [3.05, 3.63) is 54.2 Å². The zero-order valence-corrected chi connectivity index (χ0v) is 11.0. The number of tetrazole rings is 1. The van der Waals surface area contributed by atoms with Crippen LogP contribution in [0, 0.1) is 0 Å². The van der Waals surface area contributed by atoms with Gasteiger partial charge in [-0.2, -0.15) is 0 Å². The molecule has 2 heterocycles. The van der Waals surface area contributed by atoms with E-state index in [2.05, 4.69) is 20.4 Å². The topological polar surface area (TPSA) is 82.5 Å². The van der Waals surface area contributed by atoms with Crippen molar-refractivity contribution in [3.8, 4) is 17.2 Å². The molecule has 0 aliphatic rings. The van der Waals surface area contributed by atoms with Gasteiger partial charge >= 0.3 is 0 Å². The monoisotopic (exact) mass is 266 g/mol. The summed E-state index contributed by atoms with van der Waals surface area (Å²) in [4.78, 5) is 5.65. The van der Waals surface area contributed by atoms with Gasteiger partial charge < -0.3 is 5.73 Å². The van der Waals surface area contributed by atoms with Crippen LogP contribution in [0.1, 0.15) is 18.5 Å². The van der Waals surface area contributed by atoms with Crippen LogP contribution in [0.4, 0.5) is 0 Å². The number of pyridine rings is 1. The first-order valence-corrected chi connectivity index (χ1v) is 6.31. The molecular formula is C14H14N6. The Morgan fingerprint density at radius 2 is 1.95 bits per heavy atom. The average molecular weight is 266 g/mol. The SMILES string of the molecule is CC(N)c1ccnc(-n2nnc(-c3ccccc3)n2)c1. The zero-order chi connectivity index (χ0) is 13.9. The lowest BCUT2D eigenvalue weighted by Gasteiger charge is -2.05. The third kappa shape index (κ3) is 2.41. The standard InChI is InChI=1S/C14H14N6/c1-10(15)12-7-8-16-13(9-12)20-18-14(17-19-20)11-5-3-2-4-6-11/h2-10H,15H2,1H3. The minimum atomic E-state index is -0.0612. The maximum Gasteiger partial charge on any atom is 0.205 e. The fourth-order valence-corrected chi connectivity index (χ4v) is 1.84. The molecule has 0 bridgehead atoms. The molecule has 100 valence electrons.